The van der Waals surface area contributed by atoms with Gasteiger partial charge in [0, 0.05) is 19.2 Å². The van der Waals surface area contributed by atoms with E-state index in [1.165, 1.54) is 6.07 Å². The number of rotatable bonds is 4. The maximum Gasteiger partial charge on any atom is 0.348 e. The van der Waals surface area contributed by atoms with Gasteiger partial charge in [0.15, 0.2) is 0 Å². The molecule has 2 aromatic rings. The maximum absolute atomic E-state index is 12.5. The molecule has 12 nitrogen and oxygen atoms in total. The Morgan fingerprint density at radius 3 is 2.50 bits per heavy atom. The van der Waals surface area contributed by atoms with Crippen LogP contribution in [0.3, 0.4) is 0 Å². The largest absolute Gasteiger partial charge is 0.378 e. The second-order valence-corrected chi connectivity index (χ2v) is 7.40. The molecule has 3 rings (SSSR count). The Labute approximate surface area is 146 Å². The number of sulfonamides is 1. The molecule has 2 heterocycles. The Morgan fingerprint density at radius 2 is 1.92 bits per heavy atom. The second-order valence-electron chi connectivity index (χ2n) is 5.68. The number of nitro groups is 1. The van der Waals surface area contributed by atoms with Crippen molar-refractivity contribution >= 4 is 32.3 Å². The topological polar surface area (TPSA) is 157 Å². The molecule has 1 aliphatic rings. The minimum Gasteiger partial charge on any atom is -0.378 e. The fraction of sp³-hybridized carbons (Fsp3) is 0.385. The number of aromatic amines is 1. The lowest BCUT2D eigenvalue weighted by Crippen LogP contribution is -2.43. The van der Waals surface area contributed by atoms with Crippen LogP contribution in [-0.2, 0) is 14.8 Å². The molecule has 1 aromatic heterocycles. The Balaban J connectivity index is 2.27. The van der Waals surface area contributed by atoms with E-state index in [1.54, 1.807) is 4.90 Å². The highest BCUT2D eigenvalue weighted by molar-refractivity contribution is 7.91. The average molecular weight is 385 g/mol. The van der Waals surface area contributed by atoms with Crippen LogP contribution >= 0.6 is 0 Å². The number of benzene rings is 1. The number of ether oxygens (including phenoxy) is 1. The van der Waals surface area contributed by atoms with E-state index in [4.69, 9.17) is 4.74 Å². The Bertz CT molecular complexity index is 1100. The first-order valence-corrected chi connectivity index (χ1v) is 9.34. The maximum atomic E-state index is 12.5. The van der Waals surface area contributed by atoms with E-state index in [2.05, 4.69) is 4.98 Å². The molecule has 0 radical (unpaired) electrons. The number of hydrogen-bond donors (Lipinski definition) is 2. The number of nitrogens with one attached hydrogen (secondary N) is 2. The molecule has 1 saturated heterocycles. The van der Waals surface area contributed by atoms with Gasteiger partial charge in [-0.1, -0.05) is 0 Å². The molecule has 2 N–H and O–H groups in total. The zero-order valence-corrected chi connectivity index (χ0v) is 14.4. The summed E-state index contributed by atoms with van der Waals surface area (Å²) in [5.74, 6) is 0. The molecule has 0 atom stereocenters. The highest BCUT2D eigenvalue weighted by Crippen LogP contribution is 2.31. The molecular weight excluding hydrogens is 370 g/mol. The Hall–Kier alpha value is -2.93. The lowest BCUT2D eigenvalue weighted by Gasteiger charge is -2.28. The molecule has 13 heteroatoms. The molecule has 0 aliphatic carbocycles. The van der Waals surface area contributed by atoms with E-state index in [9.17, 15) is 28.1 Å². The smallest absolute Gasteiger partial charge is 0.348 e. The number of fused-ring (bicyclic) bond motifs is 1. The fourth-order valence-corrected chi connectivity index (χ4v) is 3.19. The molecule has 0 saturated carbocycles. The minimum absolute atomic E-state index is 0.0599. The van der Waals surface area contributed by atoms with Crippen LogP contribution in [0.15, 0.2) is 21.7 Å². The number of nitrogens with zero attached hydrogens (tertiary/aromatic N) is 3. The third-order valence-electron chi connectivity index (χ3n) is 3.80. The summed E-state index contributed by atoms with van der Waals surface area (Å²) in [5, 5.41) is 11.4. The van der Waals surface area contributed by atoms with Crippen molar-refractivity contribution in [2.45, 2.75) is 0 Å². The van der Waals surface area contributed by atoms with E-state index in [0.717, 1.165) is 12.3 Å². The number of aromatic nitrogens is 2. The minimum atomic E-state index is -3.89. The van der Waals surface area contributed by atoms with E-state index in [0.29, 0.717) is 31.0 Å². The summed E-state index contributed by atoms with van der Waals surface area (Å²) in [4.78, 5) is 41.1. The van der Waals surface area contributed by atoms with Crippen molar-refractivity contribution in [2.75, 3.05) is 42.3 Å². The summed E-state index contributed by atoms with van der Waals surface area (Å²) in [6, 6.07) is 2.37. The SMILES string of the molecule is CS(=O)(=O)Nn1c(=O)[nH]c2cc([N+](=O)[O-])c(N3CCOCC3)cc2c1=O. The molecule has 1 aromatic carbocycles. The van der Waals surface area contributed by atoms with Crippen LogP contribution in [0.5, 0.6) is 0 Å². The van der Waals surface area contributed by atoms with Crippen molar-refractivity contribution in [3.63, 3.8) is 0 Å². The van der Waals surface area contributed by atoms with Crippen LogP contribution in [-0.4, -0.2) is 55.6 Å². The van der Waals surface area contributed by atoms with Crippen molar-refractivity contribution in [2.24, 2.45) is 0 Å². The van der Waals surface area contributed by atoms with Crippen molar-refractivity contribution in [1.82, 2.24) is 9.66 Å². The normalized spacial score (nSPS) is 15.2. The predicted octanol–water partition coefficient (Wildman–Crippen LogP) is -1.06. The molecule has 0 spiro atoms. The lowest BCUT2D eigenvalue weighted by molar-refractivity contribution is -0.384. The molecule has 1 aliphatic heterocycles. The van der Waals surface area contributed by atoms with Crippen LogP contribution in [0, 0.1) is 10.1 Å². The Kier molecular flexibility index (Phi) is 4.41. The van der Waals surface area contributed by atoms with Crippen LogP contribution in [0.1, 0.15) is 0 Å². The van der Waals surface area contributed by atoms with Gasteiger partial charge in [-0.2, -0.15) is 4.68 Å². The second kappa shape index (κ2) is 6.42. The lowest BCUT2D eigenvalue weighted by atomic mass is 10.1. The van der Waals surface area contributed by atoms with Gasteiger partial charge in [0.2, 0.25) is 10.0 Å². The van der Waals surface area contributed by atoms with Gasteiger partial charge in [0.25, 0.3) is 11.2 Å². The predicted molar refractivity (Wildman–Crippen MR) is 92.7 cm³/mol. The van der Waals surface area contributed by atoms with Crippen LogP contribution in [0.2, 0.25) is 0 Å². The zero-order chi connectivity index (χ0) is 19.1. The van der Waals surface area contributed by atoms with E-state index in [1.807, 2.05) is 4.83 Å². The third-order valence-corrected chi connectivity index (χ3v) is 4.31. The van der Waals surface area contributed by atoms with Gasteiger partial charge in [-0.3, -0.25) is 14.9 Å². The van der Waals surface area contributed by atoms with Crippen molar-refractivity contribution in [3.8, 4) is 0 Å². The van der Waals surface area contributed by atoms with Crippen LogP contribution in [0.4, 0.5) is 11.4 Å². The van der Waals surface area contributed by atoms with Crippen molar-refractivity contribution in [1.29, 1.82) is 0 Å². The van der Waals surface area contributed by atoms with E-state index in [-0.39, 0.29) is 22.3 Å². The van der Waals surface area contributed by atoms with E-state index >= 15 is 0 Å². The van der Waals surface area contributed by atoms with Crippen LogP contribution in [0.25, 0.3) is 10.9 Å². The molecule has 0 bridgehead atoms. The first kappa shape index (κ1) is 17.9. The van der Waals surface area contributed by atoms with Gasteiger partial charge in [0.1, 0.15) is 5.69 Å². The monoisotopic (exact) mass is 385 g/mol. The number of anilines is 1. The van der Waals surface area contributed by atoms with Gasteiger partial charge in [0.05, 0.1) is 35.3 Å². The van der Waals surface area contributed by atoms with Gasteiger partial charge < -0.3 is 14.6 Å². The van der Waals surface area contributed by atoms with Gasteiger partial charge in [-0.15, -0.1) is 0 Å². The quantitative estimate of drug-likeness (QED) is 0.498. The zero-order valence-electron chi connectivity index (χ0n) is 13.6. The Morgan fingerprint density at radius 1 is 1.27 bits per heavy atom. The van der Waals surface area contributed by atoms with Crippen LogP contribution < -0.4 is 21.0 Å². The first-order valence-electron chi connectivity index (χ1n) is 7.45. The van der Waals surface area contributed by atoms with Gasteiger partial charge >= 0.3 is 5.69 Å². The van der Waals surface area contributed by atoms with Gasteiger partial charge in [-0.05, 0) is 6.07 Å². The van der Waals surface area contributed by atoms with Gasteiger partial charge in [-0.25, -0.2) is 18.0 Å². The standard InChI is InChI=1S/C13H15N5O7S/c1-26(23,24)15-17-12(19)8-6-10(16-2-4-25-5-3-16)11(18(21)22)7-9(8)14-13(17)20/h6-7,15H,2-5H2,1H3,(H,14,20). The number of hydrogen-bond acceptors (Lipinski definition) is 8. The summed E-state index contributed by atoms with van der Waals surface area (Å²) < 4.78 is 28.3. The highest BCUT2D eigenvalue weighted by atomic mass is 32.2. The summed E-state index contributed by atoms with van der Waals surface area (Å²) in [5.41, 5.74) is -2.13. The molecule has 140 valence electrons. The molecule has 26 heavy (non-hydrogen) atoms. The average Bonchev–Trinajstić information content (AvgIpc) is 2.57. The summed E-state index contributed by atoms with van der Waals surface area (Å²) in [7, 11) is -3.89. The summed E-state index contributed by atoms with van der Waals surface area (Å²) in [6.45, 7) is 1.54. The highest BCUT2D eigenvalue weighted by Gasteiger charge is 2.24. The number of nitro benzene ring substituents is 1. The fourth-order valence-electron chi connectivity index (χ4n) is 2.69. The number of morpholine rings is 1. The summed E-state index contributed by atoms with van der Waals surface area (Å²) >= 11 is 0. The van der Waals surface area contributed by atoms with Crippen molar-refractivity contribution < 1.29 is 18.1 Å². The number of H-pyrrole nitrogens is 1. The molecule has 0 unspecified atom stereocenters. The van der Waals surface area contributed by atoms with Crippen molar-refractivity contribution in [3.05, 3.63) is 43.1 Å². The molecule has 0 amide bonds. The van der Waals surface area contributed by atoms with E-state index < -0.39 is 26.2 Å². The molecular formula is C13H15N5O7S. The summed E-state index contributed by atoms with van der Waals surface area (Å²) in [6.07, 6.45) is 0.790. The third kappa shape index (κ3) is 3.39. The first-order chi connectivity index (χ1) is 12.2. The molecule has 1 fully saturated rings.